The van der Waals surface area contributed by atoms with Crippen LogP contribution in [0.1, 0.15) is 25.3 Å². The van der Waals surface area contributed by atoms with Crippen LogP contribution in [0.4, 0.5) is 0 Å². The van der Waals surface area contributed by atoms with Gasteiger partial charge < -0.3 is 10.1 Å². The summed E-state index contributed by atoms with van der Waals surface area (Å²) in [5.74, 6) is 2.62. The molecule has 1 saturated heterocycles. The highest BCUT2D eigenvalue weighted by Crippen LogP contribution is 2.13. The van der Waals surface area contributed by atoms with E-state index >= 15 is 0 Å². The minimum atomic E-state index is -0.571. The van der Waals surface area contributed by atoms with Gasteiger partial charge in [0.05, 0.1) is 6.61 Å². The van der Waals surface area contributed by atoms with Crippen molar-refractivity contribution in [1.29, 1.82) is 0 Å². The average Bonchev–Trinajstić information content (AvgIpc) is 2.40. The topological polar surface area (TPSA) is 38.3 Å². The standard InChI is InChI=1S/C14H21NO2S/c1-2-17-14-5-3-12(4-6-14)11-15-13-7-9-18(16)10-8-13/h3-6,13,15H,2,7-11H2,1H3. The number of nitrogens with one attached hydrogen (secondary N) is 1. The number of ether oxygens (including phenoxy) is 1. The molecule has 0 aromatic heterocycles. The van der Waals surface area contributed by atoms with Gasteiger partial charge in [-0.2, -0.15) is 0 Å². The van der Waals surface area contributed by atoms with Gasteiger partial charge in [-0.05, 0) is 37.5 Å². The predicted octanol–water partition coefficient (Wildman–Crippen LogP) is 2.09. The van der Waals surface area contributed by atoms with Crippen molar-refractivity contribution in [1.82, 2.24) is 5.32 Å². The zero-order valence-corrected chi connectivity index (χ0v) is 11.7. The van der Waals surface area contributed by atoms with E-state index in [2.05, 4.69) is 17.4 Å². The normalized spacial score (nSPS) is 23.8. The Bertz CT molecular complexity index is 381. The van der Waals surface area contributed by atoms with Gasteiger partial charge in [-0.1, -0.05) is 12.1 Å². The zero-order valence-electron chi connectivity index (χ0n) is 10.9. The summed E-state index contributed by atoms with van der Waals surface area (Å²) in [4.78, 5) is 0. The maximum Gasteiger partial charge on any atom is 0.119 e. The van der Waals surface area contributed by atoms with Crippen molar-refractivity contribution in [2.45, 2.75) is 32.4 Å². The summed E-state index contributed by atoms with van der Waals surface area (Å²) in [6.45, 7) is 3.57. The molecule has 1 aromatic rings. The molecule has 1 N–H and O–H groups in total. The molecule has 1 aliphatic rings. The van der Waals surface area contributed by atoms with Crippen molar-refractivity contribution in [3.05, 3.63) is 29.8 Å². The van der Waals surface area contributed by atoms with Crippen molar-refractivity contribution < 1.29 is 8.95 Å². The van der Waals surface area contributed by atoms with Crippen molar-refractivity contribution in [3.8, 4) is 5.75 Å². The quantitative estimate of drug-likeness (QED) is 0.888. The molecule has 4 heteroatoms. The molecule has 1 aliphatic heterocycles. The van der Waals surface area contributed by atoms with Crippen molar-refractivity contribution in [2.75, 3.05) is 18.1 Å². The minimum Gasteiger partial charge on any atom is -0.494 e. The Balaban J connectivity index is 1.77. The largest absolute Gasteiger partial charge is 0.494 e. The highest BCUT2D eigenvalue weighted by Gasteiger charge is 2.16. The van der Waals surface area contributed by atoms with Gasteiger partial charge in [0, 0.05) is 34.9 Å². The van der Waals surface area contributed by atoms with Gasteiger partial charge in [-0.25, -0.2) is 0 Å². The molecule has 100 valence electrons. The zero-order chi connectivity index (χ0) is 12.8. The van der Waals surface area contributed by atoms with Crippen molar-refractivity contribution >= 4 is 10.8 Å². The van der Waals surface area contributed by atoms with Crippen LogP contribution < -0.4 is 10.1 Å². The van der Waals surface area contributed by atoms with Crippen LogP contribution >= 0.6 is 0 Å². The highest BCUT2D eigenvalue weighted by atomic mass is 32.2. The third-order valence-electron chi connectivity index (χ3n) is 3.22. The lowest BCUT2D eigenvalue weighted by Gasteiger charge is -2.22. The molecule has 2 rings (SSSR count). The van der Waals surface area contributed by atoms with E-state index in [0.29, 0.717) is 12.6 Å². The van der Waals surface area contributed by atoms with E-state index in [1.165, 1.54) is 5.56 Å². The second-order valence-corrected chi connectivity index (χ2v) is 6.28. The molecule has 18 heavy (non-hydrogen) atoms. The molecule has 0 unspecified atom stereocenters. The molecular formula is C14H21NO2S. The molecule has 0 radical (unpaired) electrons. The summed E-state index contributed by atoms with van der Waals surface area (Å²) in [5.41, 5.74) is 1.27. The lowest BCUT2D eigenvalue weighted by molar-refractivity contribution is 0.340. The molecule has 3 nitrogen and oxygen atoms in total. The summed E-state index contributed by atoms with van der Waals surface area (Å²) < 4.78 is 16.7. The van der Waals surface area contributed by atoms with E-state index in [9.17, 15) is 4.21 Å². The summed E-state index contributed by atoms with van der Waals surface area (Å²) >= 11 is 0. The smallest absolute Gasteiger partial charge is 0.119 e. The maximum absolute atomic E-state index is 11.3. The van der Waals surface area contributed by atoms with Crippen LogP contribution in [0.25, 0.3) is 0 Å². The van der Waals surface area contributed by atoms with Gasteiger partial charge in [-0.15, -0.1) is 0 Å². The van der Waals surface area contributed by atoms with Crippen molar-refractivity contribution in [3.63, 3.8) is 0 Å². The fourth-order valence-corrected chi connectivity index (χ4v) is 3.43. The van der Waals surface area contributed by atoms with Crippen LogP contribution in [0.2, 0.25) is 0 Å². The molecule has 0 atom stereocenters. The Labute approximate surface area is 111 Å². The second kappa shape index (κ2) is 6.90. The van der Waals surface area contributed by atoms with Gasteiger partial charge in [0.2, 0.25) is 0 Å². The molecule has 0 spiro atoms. The Morgan fingerprint density at radius 2 is 1.94 bits per heavy atom. The fraction of sp³-hybridized carbons (Fsp3) is 0.571. The van der Waals surface area contributed by atoms with E-state index in [-0.39, 0.29) is 0 Å². The fourth-order valence-electron chi connectivity index (χ4n) is 2.13. The van der Waals surface area contributed by atoms with E-state index in [1.807, 2.05) is 19.1 Å². The van der Waals surface area contributed by atoms with Gasteiger partial charge in [-0.3, -0.25) is 4.21 Å². The molecule has 0 saturated carbocycles. The molecular weight excluding hydrogens is 246 g/mol. The molecule has 0 aliphatic carbocycles. The third-order valence-corrected chi connectivity index (χ3v) is 4.60. The molecule has 1 aromatic carbocycles. The minimum absolute atomic E-state index is 0.522. The van der Waals surface area contributed by atoms with Crippen LogP contribution in [-0.4, -0.2) is 28.4 Å². The predicted molar refractivity (Wildman–Crippen MR) is 75.3 cm³/mol. The second-order valence-electron chi connectivity index (χ2n) is 4.58. The first kappa shape index (κ1) is 13.6. The number of hydrogen-bond donors (Lipinski definition) is 1. The van der Waals surface area contributed by atoms with Gasteiger partial charge in [0.15, 0.2) is 0 Å². The third kappa shape index (κ3) is 4.10. The maximum atomic E-state index is 11.3. The van der Waals surface area contributed by atoms with Crippen LogP contribution in [0, 0.1) is 0 Å². The lowest BCUT2D eigenvalue weighted by atomic mass is 10.1. The summed E-state index contributed by atoms with van der Waals surface area (Å²) in [6.07, 6.45) is 2.06. The summed E-state index contributed by atoms with van der Waals surface area (Å²) in [5, 5.41) is 3.53. The van der Waals surface area contributed by atoms with E-state index in [0.717, 1.165) is 36.6 Å². The van der Waals surface area contributed by atoms with Crippen molar-refractivity contribution in [2.24, 2.45) is 0 Å². The SMILES string of the molecule is CCOc1ccc(CNC2CCS(=O)CC2)cc1. The number of hydrogen-bond acceptors (Lipinski definition) is 3. The Morgan fingerprint density at radius 3 is 2.56 bits per heavy atom. The first-order valence-electron chi connectivity index (χ1n) is 6.58. The summed E-state index contributed by atoms with van der Waals surface area (Å²) in [6, 6.07) is 8.74. The summed E-state index contributed by atoms with van der Waals surface area (Å²) in [7, 11) is -0.571. The average molecular weight is 267 g/mol. The van der Waals surface area contributed by atoms with Crippen LogP contribution in [0.15, 0.2) is 24.3 Å². The van der Waals surface area contributed by atoms with E-state index < -0.39 is 10.8 Å². The first-order valence-corrected chi connectivity index (χ1v) is 8.07. The lowest BCUT2D eigenvalue weighted by Crippen LogP contribution is -2.35. The highest BCUT2D eigenvalue weighted by molar-refractivity contribution is 7.85. The first-order chi connectivity index (χ1) is 8.78. The Morgan fingerprint density at radius 1 is 1.28 bits per heavy atom. The molecule has 0 bridgehead atoms. The molecule has 1 fully saturated rings. The van der Waals surface area contributed by atoms with E-state index in [4.69, 9.17) is 4.74 Å². The van der Waals surface area contributed by atoms with Gasteiger partial charge >= 0.3 is 0 Å². The number of benzene rings is 1. The van der Waals surface area contributed by atoms with Crippen LogP contribution in [-0.2, 0) is 17.3 Å². The number of rotatable bonds is 5. The van der Waals surface area contributed by atoms with Crippen LogP contribution in [0.5, 0.6) is 5.75 Å². The van der Waals surface area contributed by atoms with E-state index in [1.54, 1.807) is 0 Å². The monoisotopic (exact) mass is 267 g/mol. The Kier molecular flexibility index (Phi) is 5.20. The van der Waals surface area contributed by atoms with Gasteiger partial charge in [0.1, 0.15) is 5.75 Å². The molecule has 1 heterocycles. The molecule has 0 amide bonds. The Hall–Kier alpha value is -0.870. The van der Waals surface area contributed by atoms with Crippen LogP contribution in [0.3, 0.4) is 0 Å². The van der Waals surface area contributed by atoms with Gasteiger partial charge in [0.25, 0.3) is 0 Å².